The van der Waals surface area contributed by atoms with Crippen LogP contribution in [0.15, 0.2) is 41.4 Å². The number of hydrogen-bond acceptors (Lipinski definition) is 4. The van der Waals surface area contributed by atoms with E-state index in [2.05, 4.69) is 4.98 Å². The average molecular weight is 260 g/mol. The van der Waals surface area contributed by atoms with Crippen molar-refractivity contribution < 1.29 is 4.74 Å². The van der Waals surface area contributed by atoms with Crippen LogP contribution in [-0.2, 0) is 6.61 Å². The Kier molecular flexibility index (Phi) is 4.10. The molecule has 0 saturated heterocycles. The second kappa shape index (κ2) is 5.78. The molecule has 0 aliphatic heterocycles. The van der Waals surface area contributed by atoms with Gasteiger partial charge in [0.2, 0.25) is 5.88 Å². The molecular weight excluding hydrogens is 244 g/mol. The SMILES string of the molecule is CSc1cccc(N)c1COc1ncccc1C. The van der Waals surface area contributed by atoms with E-state index in [9.17, 15) is 0 Å². The summed E-state index contributed by atoms with van der Waals surface area (Å²) in [5.74, 6) is 0.660. The van der Waals surface area contributed by atoms with E-state index >= 15 is 0 Å². The van der Waals surface area contributed by atoms with E-state index in [4.69, 9.17) is 10.5 Å². The number of anilines is 1. The predicted molar refractivity (Wildman–Crippen MR) is 75.9 cm³/mol. The lowest BCUT2D eigenvalue weighted by Crippen LogP contribution is -2.03. The maximum atomic E-state index is 5.99. The van der Waals surface area contributed by atoms with Crippen LogP contribution in [0.25, 0.3) is 0 Å². The molecule has 2 rings (SSSR count). The van der Waals surface area contributed by atoms with Crippen LogP contribution in [0, 0.1) is 6.92 Å². The van der Waals surface area contributed by atoms with Crippen LogP contribution < -0.4 is 10.5 Å². The molecule has 3 nitrogen and oxygen atoms in total. The third-order valence-corrected chi connectivity index (χ3v) is 3.53. The van der Waals surface area contributed by atoms with E-state index in [0.29, 0.717) is 12.5 Å². The van der Waals surface area contributed by atoms with E-state index in [0.717, 1.165) is 21.7 Å². The van der Waals surface area contributed by atoms with Gasteiger partial charge < -0.3 is 10.5 Å². The summed E-state index contributed by atoms with van der Waals surface area (Å²) in [6, 6.07) is 9.77. The van der Waals surface area contributed by atoms with Gasteiger partial charge in [0.05, 0.1) is 0 Å². The number of nitrogen functional groups attached to an aromatic ring is 1. The Hall–Kier alpha value is -1.68. The molecule has 2 aromatic rings. The van der Waals surface area contributed by atoms with Gasteiger partial charge in [-0.2, -0.15) is 0 Å². The Morgan fingerprint density at radius 2 is 2.11 bits per heavy atom. The normalized spacial score (nSPS) is 10.3. The van der Waals surface area contributed by atoms with E-state index < -0.39 is 0 Å². The van der Waals surface area contributed by atoms with Crippen LogP contribution in [0.5, 0.6) is 5.88 Å². The Labute approximate surface area is 111 Å². The smallest absolute Gasteiger partial charge is 0.216 e. The van der Waals surface area contributed by atoms with Crippen molar-refractivity contribution in [2.24, 2.45) is 0 Å². The van der Waals surface area contributed by atoms with Crippen molar-refractivity contribution in [2.45, 2.75) is 18.4 Å². The third kappa shape index (κ3) is 2.76. The lowest BCUT2D eigenvalue weighted by molar-refractivity contribution is 0.289. The van der Waals surface area contributed by atoms with Gasteiger partial charge in [-0.1, -0.05) is 12.1 Å². The summed E-state index contributed by atoms with van der Waals surface area (Å²) >= 11 is 1.67. The number of pyridine rings is 1. The third-order valence-electron chi connectivity index (χ3n) is 2.70. The fourth-order valence-electron chi connectivity index (χ4n) is 1.69. The highest BCUT2D eigenvalue weighted by Gasteiger charge is 2.07. The van der Waals surface area contributed by atoms with Gasteiger partial charge in [-0.25, -0.2) is 4.98 Å². The van der Waals surface area contributed by atoms with Crippen molar-refractivity contribution in [1.29, 1.82) is 0 Å². The maximum absolute atomic E-state index is 5.99. The molecule has 2 N–H and O–H groups in total. The van der Waals surface area contributed by atoms with Crippen molar-refractivity contribution >= 4 is 17.4 Å². The van der Waals surface area contributed by atoms with Gasteiger partial charge in [-0.15, -0.1) is 11.8 Å². The second-order valence-electron chi connectivity index (χ2n) is 3.94. The first kappa shape index (κ1) is 12.8. The molecule has 1 heterocycles. The topological polar surface area (TPSA) is 48.1 Å². The summed E-state index contributed by atoms with van der Waals surface area (Å²) in [6.07, 6.45) is 3.76. The molecule has 1 aromatic carbocycles. The van der Waals surface area contributed by atoms with E-state index in [-0.39, 0.29) is 0 Å². The molecule has 0 fully saturated rings. The van der Waals surface area contributed by atoms with Gasteiger partial charge in [0.15, 0.2) is 0 Å². The summed E-state index contributed by atoms with van der Waals surface area (Å²) in [7, 11) is 0. The molecule has 0 saturated carbocycles. The van der Waals surface area contributed by atoms with Gasteiger partial charge in [-0.3, -0.25) is 0 Å². The summed E-state index contributed by atoms with van der Waals surface area (Å²) < 4.78 is 5.74. The number of nitrogens with two attached hydrogens (primary N) is 1. The number of benzene rings is 1. The quantitative estimate of drug-likeness (QED) is 0.677. The monoisotopic (exact) mass is 260 g/mol. The molecule has 0 amide bonds. The minimum atomic E-state index is 0.445. The molecule has 0 radical (unpaired) electrons. The first-order valence-corrected chi connectivity index (χ1v) is 6.90. The van der Waals surface area contributed by atoms with E-state index in [1.165, 1.54) is 0 Å². The predicted octanol–water partition coefficient (Wildman–Crippen LogP) is 3.27. The second-order valence-corrected chi connectivity index (χ2v) is 4.79. The van der Waals surface area contributed by atoms with Crippen molar-refractivity contribution in [2.75, 3.05) is 12.0 Å². The molecule has 0 bridgehead atoms. The van der Waals surface area contributed by atoms with Gasteiger partial charge in [0.25, 0.3) is 0 Å². The number of aryl methyl sites for hydroxylation is 1. The van der Waals surface area contributed by atoms with Gasteiger partial charge >= 0.3 is 0 Å². The van der Waals surface area contributed by atoms with Crippen LogP contribution in [0.2, 0.25) is 0 Å². The number of aromatic nitrogens is 1. The molecule has 94 valence electrons. The van der Waals surface area contributed by atoms with Crippen LogP contribution in [-0.4, -0.2) is 11.2 Å². The Bertz CT molecular complexity index is 543. The van der Waals surface area contributed by atoms with E-state index in [1.807, 2.05) is 43.5 Å². The number of ether oxygens (including phenoxy) is 1. The number of thioether (sulfide) groups is 1. The molecule has 4 heteroatoms. The average Bonchev–Trinajstić information content (AvgIpc) is 2.39. The molecular formula is C14H16N2OS. The highest BCUT2D eigenvalue weighted by molar-refractivity contribution is 7.98. The number of nitrogens with zero attached hydrogens (tertiary/aromatic N) is 1. The molecule has 0 aliphatic rings. The van der Waals surface area contributed by atoms with Crippen LogP contribution >= 0.6 is 11.8 Å². The van der Waals surface area contributed by atoms with Gasteiger partial charge in [0, 0.05) is 27.9 Å². The van der Waals surface area contributed by atoms with Crippen LogP contribution in [0.3, 0.4) is 0 Å². The highest BCUT2D eigenvalue weighted by atomic mass is 32.2. The minimum absolute atomic E-state index is 0.445. The van der Waals surface area contributed by atoms with Gasteiger partial charge in [0.1, 0.15) is 6.61 Å². The Morgan fingerprint density at radius 1 is 1.28 bits per heavy atom. The summed E-state index contributed by atoms with van der Waals surface area (Å²) in [6.45, 7) is 2.42. The van der Waals surface area contributed by atoms with Crippen LogP contribution in [0.4, 0.5) is 5.69 Å². The molecule has 0 atom stereocenters. The fraction of sp³-hybridized carbons (Fsp3) is 0.214. The zero-order valence-corrected chi connectivity index (χ0v) is 11.3. The summed E-state index contributed by atoms with van der Waals surface area (Å²) in [5, 5.41) is 0. The van der Waals surface area contributed by atoms with Crippen LogP contribution in [0.1, 0.15) is 11.1 Å². The zero-order chi connectivity index (χ0) is 13.0. The molecule has 1 aromatic heterocycles. The Morgan fingerprint density at radius 3 is 2.83 bits per heavy atom. The lowest BCUT2D eigenvalue weighted by atomic mass is 10.2. The largest absolute Gasteiger partial charge is 0.472 e. The molecule has 0 spiro atoms. The van der Waals surface area contributed by atoms with Gasteiger partial charge in [-0.05, 0) is 31.4 Å². The van der Waals surface area contributed by atoms with Crippen molar-refractivity contribution in [1.82, 2.24) is 4.98 Å². The van der Waals surface area contributed by atoms with Crippen molar-refractivity contribution in [3.63, 3.8) is 0 Å². The molecule has 0 unspecified atom stereocenters. The number of hydrogen-bond donors (Lipinski definition) is 1. The number of rotatable bonds is 4. The fourth-order valence-corrected chi connectivity index (χ4v) is 2.33. The Balaban J connectivity index is 2.18. The van der Waals surface area contributed by atoms with E-state index in [1.54, 1.807) is 18.0 Å². The lowest BCUT2D eigenvalue weighted by Gasteiger charge is -2.12. The van der Waals surface area contributed by atoms with Crippen molar-refractivity contribution in [3.05, 3.63) is 47.7 Å². The maximum Gasteiger partial charge on any atom is 0.216 e. The first-order valence-electron chi connectivity index (χ1n) is 5.68. The molecule has 0 aliphatic carbocycles. The highest BCUT2D eigenvalue weighted by Crippen LogP contribution is 2.26. The summed E-state index contributed by atoms with van der Waals surface area (Å²) in [4.78, 5) is 5.35. The van der Waals surface area contributed by atoms with Crippen molar-refractivity contribution in [3.8, 4) is 5.88 Å². The summed E-state index contributed by atoms with van der Waals surface area (Å²) in [5.41, 5.74) is 8.79. The standard InChI is InChI=1S/C14H16N2OS/c1-10-5-4-8-16-14(10)17-9-11-12(15)6-3-7-13(11)18-2/h3-8H,9,15H2,1-2H3. The molecule has 18 heavy (non-hydrogen) atoms. The zero-order valence-electron chi connectivity index (χ0n) is 10.5. The first-order chi connectivity index (χ1) is 8.72. The minimum Gasteiger partial charge on any atom is -0.472 e.